The SMILES string of the molecule is CCn1cc(C(=O)N(C)CC(=O)N(C)C)c(=O)c2cc(Cl)ccc21. The highest BCUT2D eigenvalue weighted by molar-refractivity contribution is 6.31. The highest BCUT2D eigenvalue weighted by Gasteiger charge is 2.21. The van der Waals surface area contributed by atoms with Crippen LogP contribution in [0, 0.1) is 0 Å². The second-order valence-corrected chi connectivity index (χ2v) is 6.21. The van der Waals surface area contributed by atoms with E-state index in [2.05, 4.69) is 0 Å². The molecule has 2 aromatic rings. The van der Waals surface area contributed by atoms with E-state index in [1.165, 1.54) is 23.0 Å². The lowest BCUT2D eigenvalue weighted by Crippen LogP contribution is -2.39. The summed E-state index contributed by atoms with van der Waals surface area (Å²) in [5, 5.41) is 0.825. The summed E-state index contributed by atoms with van der Waals surface area (Å²) >= 11 is 5.99. The zero-order valence-electron chi connectivity index (χ0n) is 14.2. The first kappa shape index (κ1) is 18.0. The third-order valence-corrected chi connectivity index (χ3v) is 4.07. The van der Waals surface area contributed by atoms with Gasteiger partial charge in [-0.2, -0.15) is 0 Å². The maximum Gasteiger partial charge on any atom is 0.259 e. The minimum atomic E-state index is -0.487. The zero-order chi connectivity index (χ0) is 18.0. The van der Waals surface area contributed by atoms with Gasteiger partial charge in [-0.15, -0.1) is 0 Å². The van der Waals surface area contributed by atoms with Gasteiger partial charge in [0.2, 0.25) is 11.3 Å². The lowest BCUT2D eigenvalue weighted by molar-refractivity contribution is -0.129. The van der Waals surface area contributed by atoms with Crippen LogP contribution in [0.15, 0.2) is 29.2 Å². The van der Waals surface area contributed by atoms with Crippen LogP contribution in [0.2, 0.25) is 5.02 Å². The van der Waals surface area contributed by atoms with Crippen LogP contribution in [0.1, 0.15) is 17.3 Å². The van der Waals surface area contributed by atoms with Gasteiger partial charge in [0, 0.05) is 44.3 Å². The molecule has 24 heavy (non-hydrogen) atoms. The van der Waals surface area contributed by atoms with E-state index in [1.807, 2.05) is 11.5 Å². The lowest BCUT2D eigenvalue weighted by Gasteiger charge is -2.20. The maximum absolute atomic E-state index is 12.7. The number of aromatic nitrogens is 1. The predicted molar refractivity (Wildman–Crippen MR) is 94.5 cm³/mol. The van der Waals surface area contributed by atoms with Gasteiger partial charge < -0.3 is 14.4 Å². The van der Waals surface area contributed by atoms with Crippen molar-refractivity contribution in [3.8, 4) is 0 Å². The maximum atomic E-state index is 12.7. The number of carbonyl (C=O) groups is 2. The Bertz CT molecular complexity index is 858. The summed E-state index contributed by atoms with van der Waals surface area (Å²) in [5.41, 5.74) is 0.363. The van der Waals surface area contributed by atoms with E-state index in [0.717, 1.165) is 5.52 Å². The molecule has 0 aliphatic carbocycles. The summed E-state index contributed by atoms with van der Waals surface area (Å²) in [7, 11) is 4.73. The van der Waals surface area contributed by atoms with Crippen LogP contribution in [0.3, 0.4) is 0 Å². The molecule has 1 aromatic carbocycles. The zero-order valence-corrected chi connectivity index (χ0v) is 14.9. The largest absolute Gasteiger partial charge is 0.347 e. The van der Waals surface area contributed by atoms with Crippen molar-refractivity contribution in [3.05, 3.63) is 45.2 Å². The van der Waals surface area contributed by atoms with E-state index in [0.29, 0.717) is 17.0 Å². The summed E-state index contributed by atoms with van der Waals surface area (Å²) in [6, 6.07) is 5.03. The van der Waals surface area contributed by atoms with Gasteiger partial charge in [0.1, 0.15) is 5.56 Å². The number of rotatable bonds is 4. The molecule has 1 heterocycles. The summed E-state index contributed by atoms with van der Waals surface area (Å²) in [4.78, 5) is 39.8. The van der Waals surface area contributed by atoms with E-state index >= 15 is 0 Å². The first-order chi connectivity index (χ1) is 11.3. The fourth-order valence-electron chi connectivity index (χ4n) is 2.41. The Morgan fingerprint density at radius 3 is 2.46 bits per heavy atom. The molecule has 7 heteroatoms. The number of pyridine rings is 1. The number of carbonyl (C=O) groups excluding carboxylic acids is 2. The number of likely N-dealkylation sites (N-methyl/N-ethyl adjacent to an activating group) is 2. The average Bonchev–Trinajstić information content (AvgIpc) is 2.54. The number of fused-ring (bicyclic) bond motifs is 1. The minimum absolute atomic E-state index is 0.0284. The fraction of sp³-hybridized carbons (Fsp3) is 0.353. The molecule has 0 unspecified atom stereocenters. The molecule has 0 aliphatic heterocycles. The molecule has 2 amide bonds. The van der Waals surface area contributed by atoms with Gasteiger partial charge in [0.25, 0.3) is 5.91 Å². The van der Waals surface area contributed by atoms with Crippen LogP contribution in [0.4, 0.5) is 0 Å². The molecule has 0 saturated carbocycles. The summed E-state index contributed by atoms with van der Waals surface area (Å²) in [6.45, 7) is 2.43. The minimum Gasteiger partial charge on any atom is -0.347 e. The van der Waals surface area contributed by atoms with Crippen molar-refractivity contribution in [1.29, 1.82) is 0 Å². The number of aryl methyl sites for hydroxylation is 1. The molecule has 0 bridgehead atoms. The summed E-state index contributed by atoms with van der Waals surface area (Å²) < 4.78 is 1.82. The smallest absolute Gasteiger partial charge is 0.259 e. The number of amides is 2. The van der Waals surface area contributed by atoms with Crippen molar-refractivity contribution < 1.29 is 9.59 Å². The van der Waals surface area contributed by atoms with Crippen molar-refractivity contribution in [3.63, 3.8) is 0 Å². The molecule has 0 spiro atoms. The third-order valence-electron chi connectivity index (χ3n) is 3.83. The van der Waals surface area contributed by atoms with E-state index in [1.54, 1.807) is 32.3 Å². The Labute approximate surface area is 145 Å². The van der Waals surface area contributed by atoms with E-state index in [4.69, 9.17) is 11.6 Å². The summed E-state index contributed by atoms with van der Waals surface area (Å²) in [5.74, 6) is -0.704. The fourth-order valence-corrected chi connectivity index (χ4v) is 2.58. The normalized spacial score (nSPS) is 10.7. The molecule has 1 aromatic heterocycles. The Morgan fingerprint density at radius 2 is 1.88 bits per heavy atom. The molecular formula is C17H20ClN3O3. The van der Waals surface area contributed by atoms with Crippen LogP contribution in [0.25, 0.3) is 10.9 Å². The topological polar surface area (TPSA) is 62.6 Å². The van der Waals surface area contributed by atoms with Gasteiger partial charge in [0.05, 0.1) is 12.1 Å². The Balaban J connectivity index is 2.52. The Kier molecular flexibility index (Phi) is 5.29. The molecular weight excluding hydrogens is 330 g/mol. The van der Waals surface area contributed by atoms with Crippen LogP contribution in [0.5, 0.6) is 0 Å². The standard InChI is InChI=1S/C17H20ClN3O3/c1-5-21-9-13(17(24)20(4)10-15(22)19(2)3)16(23)12-8-11(18)6-7-14(12)21/h6-9H,5,10H2,1-4H3. The molecule has 2 rings (SSSR count). The van der Waals surface area contributed by atoms with Crippen molar-refractivity contribution in [2.75, 3.05) is 27.7 Å². The molecule has 128 valence electrons. The molecule has 0 aliphatic rings. The molecule has 6 nitrogen and oxygen atoms in total. The van der Waals surface area contributed by atoms with Crippen LogP contribution >= 0.6 is 11.6 Å². The first-order valence-electron chi connectivity index (χ1n) is 7.54. The predicted octanol–water partition coefficient (Wildman–Crippen LogP) is 1.83. The average molecular weight is 350 g/mol. The van der Waals surface area contributed by atoms with Crippen molar-refractivity contribution in [2.24, 2.45) is 0 Å². The van der Waals surface area contributed by atoms with E-state index < -0.39 is 5.91 Å². The number of benzene rings is 1. The highest BCUT2D eigenvalue weighted by Crippen LogP contribution is 2.18. The molecule has 0 radical (unpaired) electrons. The number of hydrogen-bond donors (Lipinski definition) is 0. The van der Waals surface area contributed by atoms with Gasteiger partial charge in [-0.05, 0) is 25.1 Å². The number of halogens is 1. The summed E-state index contributed by atoms with van der Waals surface area (Å²) in [6.07, 6.45) is 1.54. The Hall–Kier alpha value is -2.34. The lowest BCUT2D eigenvalue weighted by atomic mass is 10.1. The van der Waals surface area contributed by atoms with Crippen LogP contribution in [-0.2, 0) is 11.3 Å². The third kappa shape index (κ3) is 3.43. The Morgan fingerprint density at radius 1 is 1.21 bits per heavy atom. The van der Waals surface area contributed by atoms with E-state index in [-0.39, 0.29) is 23.4 Å². The van der Waals surface area contributed by atoms with Crippen LogP contribution in [-0.4, -0.2) is 53.9 Å². The number of hydrogen-bond acceptors (Lipinski definition) is 3. The quantitative estimate of drug-likeness (QED) is 0.846. The number of nitrogens with zero attached hydrogens (tertiary/aromatic N) is 3. The first-order valence-corrected chi connectivity index (χ1v) is 7.92. The second-order valence-electron chi connectivity index (χ2n) is 5.77. The van der Waals surface area contributed by atoms with Gasteiger partial charge in [0.15, 0.2) is 0 Å². The molecule has 0 saturated heterocycles. The van der Waals surface area contributed by atoms with E-state index in [9.17, 15) is 14.4 Å². The van der Waals surface area contributed by atoms with Gasteiger partial charge in [-0.3, -0.25) is 14.4 Å². The highest BCUT2D eigenvalue weighted by atomic mass is 35.5. The van der Waals surface area contributed by atoms with Crippen molar-refractivity contribution >= 4 is 34.3 Å². The van der Waals surface area contributed by atoms with Gasteiger partial charge in [-0.1, -0.05) is 11.6 Å². The van der Waals surface area contributed by atoms with Gasteiger partial charge in [-0.25, -0.2) is 0 Å². The van der Waals surface area contributed by atoms with Crippen molar-refractivity contribution in [1.82, 2.24) is 14.4 Å². The van der Waals surface area contributed by atoms with Crippen molar-refractivity contribution in [2.45, 2.75) is 13.5 Å². The van der Waals surface area contributed by atoms with Gasteiger partial charge >= 0.3 is 0 Å². The monoisotopic (exact) mass is 349 g/mol. The van der Waals surface area contributed by atoms with Crippen LogP contribution < -0.4 is 5.43 Å². The molecule has 0 fully saturated rings. The second kappa shape index (κ2) is 7.05. The molecule has 0 N–H and O–H groups in total. The molecule has 0 atom stereocenters.